The molecule has 0 saturated heterocycles. The van der Waals surface area contributed by atoms with Crippen LogP contribution in [0.15, 0.2) is 54.6 Å². The third kappa shape index (κ3) is 5.00. The molecule has 0 radical (unpaired) electrons. The highest BCUT2D eigenvalue weighted by atomic mass is 35.5. The summed E-state index contributed by atoms with van der Waals surface area (Å²) in [6, 6.07) is 13.2. The molecule has 150 valence electrons. The Morgan fingerprint density at radius 1 is 1.07 bits per heavy atom. The summed E-state index contributed by atoms with van der Waals surface area (Å²) in [7, 11) is 0. The average molecular weight is 420 g/mol. The van der Waals surface area contributed by atoms with Crippen LogP contribution < -0.4 is 10.1 Å². The van der Waals surface area contributed by atoms with Crippen LogP contribution in [0.25, 0.3) is 10.8 Å². The number of esters is 1. The molecule has 29 heavy (non-hydrogen) atoms. The lowest BCUT2D eigenvalue weighted by atomic mass is 10.1. The molecule has 8 heteroatoms. The molecule has 0 aliphatic heterocycles. The summed E-state index contributed by atoms with van der Waals surface area (Å²) in [5.41, 5.74) is -0.346. The summed E-state index contributed by atoms with van der Waals surface area (Å²) in [5, 5.41) is 4.21. The lowest BCUT2D eigenvalue weighted by Gasteiger charge is -2.15. The Balaban J connectivity index is 1.59. The molecule has 1 amide bonds. The molecule has 0 heterocycles. The molecule has 0 aromatic heterocycles. The predicted octanol–water partition coefficient (Wildman–Crippen LogP) is 4.72. The fourth-order valence-electron chi connectivity index (χ4n) is 2.61. The lowest BCUT2D eigenvalue weighted by molar-refractivity contribution is -0.155. The topological polar surface area (TPSA) is 64.6 Å². The predicted molar refractivity (Wildman–Crippen MR) is 105 cm³/mol. The number of rotatable bonds is 6. The van der Waals surface area contributed by atoms with Crippen LogP contribution in [0.1, 0.15) is 6.92 Å². The van der Waals surface area contributed by atoms with Gasteiger partial charge in [0.25, 0.3) is 5.91 Å². The van der Waals surface area contributed by atoms with Crippen molar-refractivity contribution in [2.75, 3.05) is 11.9 Å². The minimum absolute atomic E-state index is 0.346. The number of hydrogen-bond donors (Lipinski definition) is 1. The van der Waals surface area contributed by atoms with Crippen LogP contribution >= 0.6 is 11.6 Å². The van der Waals surface area contributed by atoms with Gasteiger partial charge >= 0.3 is 5.97 Å². The third-order valence-electron chi connectivity index (χ3n) is 4.04. The van der Waals surface area contributed by atoms with E-state index in [1.54, 1.807) is 18.2 Å². The first-order valence-corrected chi connectivity index (χ1v) is 8.98. The molecule has 3 aromatic rings. The summed E-state index contributed by atoms with van der Waals surface area (Å²) in [5.74, 6) is -2.70. The number of carbonyl (C=O) groups is 2. The number of halogens is 3. The highest BCUT2D eigenvalue weighted by Crippen LogP contribution is 2.31. The minimum atomic E-state index is -1.24. The number of carbonyl (C=O) groups excluding carboxylic acids is 2. The molecule has 0 aliphatic carbocycles. The highest BCUT2D eigenvalue weighted by molar-refractivity contribution is 6.35. The zero-order chi connectivity index (χ0) is 21.0. The van der Waals surface area contributed by atoms with Gasteiger partial charge in [0.15, 0.2) is 12.7 Å². The van der Waals surface area contributed by atoms with Gasteiger partial charge in [-0.25, -0.2) is 13.6 Å². The van der Waals surface area contributed by atoms with Crippen LogP contribution in [0.4, 0.5) is 14.5 Å². The van der Waals surface area contributed by atoms with E-state index in [-0.39, 0.29) is 5.69 Å². The Morgan fingerprint density at radius 2 is 1.79 bits per heavy atom. The molecule has 0 saturated carbocycles. The van der Waals surface area contributed by atoms with Gasteiger partial charge in [-0.05, 0) is 31.2 Å². The maximum absolute atomic E-state index is 13.6. The monoisotopic (exact) mass is 419 g/mol. The van der Waals surface area contributed by atoms with Crippen molar-refractivity contribution in [3.05, 3.63) is 71.3 Å². The van der Waals surface area contributed by atoms with Crippen molar-refractivity contribution in [1.82, 2.24) is 0 Å². The van der Waals surface area contributed by atoms with E-state index in [1.165, 1.54) is 6.92 Å². The lowest BCUT2D eigenvalue weighted by Crippen LogP contribution is -2.32. The Bertz CT molecular complexity index is 1070. The quantitative estimate of drug-likeness (QED) is 0.587. The first-order chi connectivity index (χ1) is 13.8. The number of amides is 1. The number of fused-ring (bicyclic) bond motifs is 1. The fraction of sp³-hybridized carbons (Fsp3) is 0.143. The largest absolute Gasteiger partial charge is 0.481 e. The normalized spacial score (nSPS) is 11.7. The van der Waals surface area contributed by atoms with Gasteiger partial charge in [0.05, 0.1) is 5.69 Å². The number of benzene rings is 3. The summed E-state index contributed by atoms with van der Waals surface area (Å²) < 4.78 is 37.3. The first-order valence-electron chi connectivity index (χ1n) is 8.60. The van der Waals surface area contributed by atoms with E-state index in [4.69, 9.17) is 21.1 Å². The Labute approximate surface area is 170 Å². The van der Waals surface area contributed by atoms with Crippen molar-refractivity contribution < 1.29 is 27.8 Å². The van der Waals surface area contributed by atoms with Crippen LogP contribution in [-0.2, 0) is 14.3 Å². The van der Waals surface area contributed by atoms with Gasteiger partial charge in [0.1, 0.15) is 17.4 Å². The van der Waals surface area contributed by atoms with E-state index in [0.717, 1.165) is 29.0 Å². The van der Waals surface area contributed by atoms with Gasteiger partial charge in [-0.3, -0.25) is 4.79 Å². The Hall–Kier alpha value is -3.19. The third-order valence-corrected chi connectivity index (χ3v) is 4.37. The van der Waals surface area contributed by atoms with Crippen molar-refractivity contribution in [2.24, 2.45) is 0 Å². The van der Waals surface area contributed by atoms with Crippen molar-refractivity contribution >= 4 is 39.9 Å². The van der Waals surface area contributed by atoms with E-state index < -0.39 is 36.2 Å². The van der Waals surface area contributed by atoms with Crippen LogP contribution in [0.2, 0.25) is 5.02 Å². The average Bonchev–Trinajstić information content (AvgIpc) is 2.70. The molecule has 1 N–H and O–H groups in total. The fourth-order valence-corrected chi connectivity index (χ4v) is 2.84. The SMILES string of the molecule is CC(OC(=O)COc1ccc(Cl)c2ccccc12)C(=O)Nc1cc(F)ccc1F. The first kappa shape index (κ1) is 20.5. The molecule has 0 aliphatic rings. The number of hydrogen-bond acceptors (Lipinski definition) is 4. The molecule has 0 bridgehead atoms. The van der Waals surface area contributed by atoms with Gasteiger partial charge < -0.3 is 14.8 Å². The molecule has 3 aromatic carbocycles. The molecule has 0 fully saturated rings. The number of nitrogens with one attached hydrogen (secondary N) is 1. The van der Waals surface area contributed by atoms with Gasteiger partial charge in [0.2, 0.25) is 0 Å². The molecule has 0 spiro atoms. The zero-order valence-corrected chi connectivity index (χ0v) is 16.0. The Kier molecular flexibility index (Phi) is 6.29. The van der Waals surface area contributed by atoms with Crippen molar-refractivity contribution in [1.29, 1.82) is 0 Å². The molecular formula is C21H16ClF2NO4. The van der Waals surface area contributed by atoms with Gasteiger partial charge in [-0.1, -0.05) is 35.9 Å². The van der Waals surface area contributed by atoms with Crippen LogP contribution in [-0.4, -0.2) is 24.6 Å². The van der Waals surface area contributed by atoms with E-state index in [9.17, 15) is 18.4 Å². The molecule has 5 nitrogen and oxygen atoms in total. The smallest absolute Gasteiger partial charge is 0.344 e. The standard InChI is InChI=1S/C21H16ClF2NO4/c1-12(21(27)25-18-10-13(23)6-8-17(18)24)29-20(26)11-28-19-9-7-16(22)14-4-2-3-5-15(14)19/h2-10,12H,11H2,1H3,(H,25,27). The van der Waals surface area contributed by atoms with Crippen LogP contribution in [0.5, 0.6) is 5.75 Å². The molecule has 1 atom stereocenters. The van der Waals surface area contributed by atoms with E-state index in [1.807, 2.05) is 18.2 Å². The van der Waals surface area contributed by atoms with Crippen LogP contribution in [0, 0.1) is 11.6 Å². The van der Waals surface area contributed by atoms with E-state index >= 15 is 0 Å². The number of ether oxygens (including phenoxy) is 2. The number of anilines is 1. The maximum Gasteiger partial charge on any atom is 0.344 e. The molecule has 1 unspecified atom stereocenters. The van der Waals surface area contributed by atoms with Gasteiger partial charge in [-0.15, -0.1) is 0 Å². The summed E-state index contributed by atoms with van der Waals surface area (Å²) in [4.78, 5) is 24.1. The van der Waals surface area contributed by atoms with E-state index in [2.05, 4.69) is 5.32 Å². The maximum atomic E-state index is 13.6. The minimum Gasteiger partial charge on any atom is -0.481 e. The summed E-state index contributed by atoms with van der Waals surface area (Å²) >= 11 is 6.14. The van der Waals surface area contributed by atoms with E-state index in [0.29, 0.717) is 10.8 Å². The molecule has 3 rings (SSSR count). The van der Waals surface area contributed by atoms with Crippen molar-refractivity contribution in [3.63, 3.8) is 0 Å². The Morgan fingerprint density at radius 3 is 2.55 bits per heavy atom. The second-order valence-corrected chi connectivity index (χ2v) is 6.53. The van der Waals surface area contributed by atoms with Crippen molar-refractivity contribution in [3.8, 4) is 5.75 Å². The highest BCUT2D eigenvalue weighted by Gasteiger charge is 2.20. The second-order valence-electron chi connectivity index (χ2n) is 6.13. The summed E-state index contributed by atoms with van der Waals surface area (Å²) in [6.45, 7) is 0.861. The van der Waals surface area contributed by atoms with Gasteiger partial charge in [0, 0.05) is 21.9 Å². The second kappa shape index (κ2) is 8.87. The zero-order valence-electron chi connectivity index (χ0n) is 15.2. The van der Waals surface area contributed by atoms with Crippen LogP contribution in [0.3, 0.4) is 0 Å². The van der Waals surface area contributed by atoms with Gasteiger partial charge in [-0.2, -0.15) is 0 Å². The van der Waals surface area contributed by atoms with Crippen molar-refractivity contribution in [2.45, 2.75) is 13.0 Å². The molecular weight excluding hydrogens is 404 g/mol. The summed E-state index contributed by atoms with van der Waals surface area (Å²) in [6.07, 6.45) is -1.24.